The molecule has 0 saturated carbocycles. The standard InChI is InChI=1S/C22H29ClN2O4S/c1-16(2)29-13-5-12-24-22(26)15-25(19-9-8-18(4)21(23)14-19)30(27,28)20-10-6-17(3)7-11-20/h6-11,14,16H,5,12-13,15H2,1-4H3,(H,24,26). The first-order valence-corrected chi connectivity index (χ1v) is 11.7. The molecule has 0 saturated heterocycles. The normalized spacial score (nSPS) is 11.5. The number of nitrogens with one attached hydrogen (secondary N) is 1. The van der Waals surface area contributed by atoms with Crippen molar-refractivity contribution in [2.45, 2.75) is 45.1 Å². The van der Waals surface area contributed by atoms with Gasteiger partial charge in [0.05, 0.1) is 16.7 Å². The summed E-state index contributed by atoms with van der Waals surface area (Å²) in [6.45, 7) is 8.18. The minimum Gasteiger partial charge on any atom is -0.379 e. The molecule has 1 amide bonds. The van der Waals surface area contributed by atoms with Gasteiger partial charge in [-0.1, -0.05) is 35.4 Å². The fraction of sp³-hybridized carbons (Fsp3) is 0.409. The van der Waals surface area contributed by atoms with Gasteiger partial charge in [-0.25, -0.2) is 8.42 Å². The number of benzene rings is 2. The van der Waals surface area contributed by atoms with Crippen molar-refractivity contribution in [3.05, 3.63) is 58.6 Å². The van der Waals surface area contributed by atoms with Crippen molar-refractivity contribution < 1.29 is 17.9 Å². The average molecular weight is 453 g/mol. The smallest absolute Gasteiger partial charge is 0.264 e. The highest BCUT2D eigenvalue weighted by Crippen LogP contribution is 2.28. The summed E-state index contributed by atoms with van der Waals surface area (Å²) in [5.74, 6) is -0.396. The third kappa shape index (κ3) is 6.72. The highest BCUT2D eigenvalue weighted by molar-refractivity contribution is 7.92. The Kier molecular flexibility index (Phi) is 8.70. The lowest BCUT2D eigenvalue weighted by molar-refractivity contribution is -0.119. The van der Waals surface area contributed by atoms with Crippen LogP contribution in [0.5, 0.6) is 0 Å². The van der Waals surface area contributed by atoms with Gasteiger partial charge in [0, 0.05) is 18.2 Å². The van der Waals surface area contributed by atoms with E-state index in [2.05, 4.69) is 5.32 Å². The van der Waals surface area contributed by atoms with Gasteiger partial charge in [-0.3, -0.25) is 9.10 Å². The number of rotatable bonds is 10. The number of nitrogens with zero attached hydrogens (tertiary/aromatic N) is 1. The second-order valence-electron chi connectivity index (χ2n) is 7.38. The van der Waals surface area contributed by atoms with E-state index in [9.17, 15) is 13.2 Å². The van der Waals surface area contributed by atoms with E-state index >= 15 is 0 Å². The first-order valence-electron chi connectivity index (χ1n) is 9.85. The van der Waals surface area contributed by atoms with E-state index in [0.717, 1.165) is 15.4 Å². The topological polar surface area (TPSA) is 75.7 Å². The minimum absolute atomic E-state index is 0.114. The van der Waals surface area contributed by atoms with Crippen LogP contribution in [0.2, 0.25) is 5.02 Å². The first kappa shape index (κ1) is 24.2. The number of amides is 1. The van der Waals surface area contributed by atoms with Gasteiger partial charge in [0.1, 0.15) is 6.54 Å². The van der Waals surface area contributed by atoms with Crippen molar-refractivity contribution >= 4 is 33.2 Å². The molecule has 0 aliphatic rings. The predicted octanol–water partition coefficient (Wildman–Crippen LogP) is 4.08. The zero-order valence-electron chi connectivity index (χ0n) is 17.8. The molecule has 1 N–H and O–H groups in total. The lowest BCUT2D eigenvalue weighted by atomic mass is 10.2. The van der Waals surface area contributed by atoms with Gasteiger partial charge in [-0.15, -0.1) is 0 Å². The van der Waals surface area contributed by atoms with Gasteiger partial charge < -0.3 is 10.1 Å². The third-order valence-electron chi connectivity index (χ3n) is 4.43. The molecule has 8 heteroatoms. The van der Waals surface area contributed by atoms with Crippen LogP contribution in [0.1, 0.15) is 31.4 Å². The maximum Gasteiger partial charge on any atom is 0.264 e. The molecule has 0 heterocycles. The van der Waals surface area contributed by atoms with Crippen molar-refractivity contribution in [2.24, 2.45) is 0 Å². The molecular formula is C22H29ClN2O4S. The van der Waals surface area contributed by atoms with Crippen molar-refractivity contribution in [2.75, 3.05) is 24.0 Å². The first-order chi connectivity index (χ1) is 14.1. The SMILES string of the molecule is Cc1ccc(S(=O)(=O)N(CC(=O)NCCCOC(C)C)c2ccc(C)c(Cl)c2)cc1. The number of ether oxygens (including phenoxy) is 1. The van der Waals surface area contributed by atoms with Gasteiger partial charge in [0.2, 0.25) is 5.91 Å². The summed E-state index contributed by atoms with van der Waals surface area (Å²) in [6.07, 6.45) is 0.771. The van der Waals surface area contributed by atoms with Crippen LogP contribution in [0.15, 0.2) is 47.4 Å². The lowest BCUT2D eigenvalue weighted by Crippen LogP contribution is -2.41. The van der Waals surface area contributed by atoms with Gasteiger partial charge in [-0.05, 0) is 63.9 Å². The molecule has 0 spiro atoms. The van der Waals surface area contributed by atoms with Crippen LogP contribution in [-0.4, -0.2) is 40.1 Å². The van der Waals surface area contributed by atoms with Crippen LogP contribution in [0.4, 0.5) is 5.69 Å². The second-order valence-corrected chi connectivity index (χ2v) is 9.65. The van der Waals surface area contributed by atoms with Crippen molar-refractivity contribution in [1.82, 2.24) is 5.32 Å². The van der Waals surface area contributed by atoms with Gasteiger partial charge in [0.25, 0.3) is 10.0 Å². The molecule has 0 bridgehead atoms. The van der Waals surface area contributed by atoms with Crippen LogP contribution >= 0.6 is 11.6 Å². The van der Waals surface area contributed by atoms with Crippen LogP contribution < -0.4 is 9.62 Å². The second kappa shape index (κ2) is 10.8. The Bertz CT molecular complexity index is 960. The maximum atomic E-state index is 13.3. The number of sulfonamides is 1. The fourth-order valence-corrected chi connectivity index (χ4v) is 4.28. The van der Waals surface area contributed by atoms with Gasteiger partial charge in [0.15, 0.2) is 0 Å². The number of halogens is 1. The van der Waals surface area contributed by atoms with Crippen LogP contribution in [0.3, 0.4) is 0 Å². The van der Waals surface area contributed by atoms with E-state index in [4.69, 9.17) is 16.3 Å². The predicted molar refractivity (Wildman–Crippen MR) is 121 cm³/mol. The summed E-state index contributed by atoms with van der Waals surface area (Å²) in [5, 5.41) is 3.19. The van der Waals surface area contributed by atoms with Crippen LogP contribution in [-0.2, 0) is 19.6 Å². The highest BCUT2D eigenvalue weighted by Gasteiger charge is 2.27. The fourth-order valence-electron chi connectivity index (χ4n) is 2.69. The summed E-state index contributed by atoms with van der Waals surface area (Å²) in [6, 6.07) is 11.5. The van der Waals surface area contributed by atoms with E-state index < -0.39 is 15.9 Å². The summed E-state index contributed by atoms with van der Waals surface area (Å²) in [7, 11) is -3.95. The molecule has 0 atom stereocenters. The maximum absolute atomic E-state index is 13.3. The Morgan fingerprint density at radius 2 is 1.80 bits per heavy atom. The quantitative estimate of drug-likeness (QED) is 0.551. The molecule has 2 rings (SSSR count). The lowest BCUT2D eigenvalue weighted by Gasteiger charge is -2.24. The molecule has 164 valence electrons. The molecule has 0 aliphatic heterocycles. The van der Waals surface area contributed by atoms with Crippen molar-refractivity contribution in [3.63, 3.8) is 0 Å². The molecule has 2 aromatic rings. The molecule has 6 nitrogen and oxygen atoms in total. The summed E-state index contributed by atoms with van der Waals surface area (Å²) in [5.41, 5.74) is 2.10. The van der Waals surface area contributed by atoms with E-state index in [1.807, 2.05) is 27.7 Å². The van der Waals surface area contributed by atoms with Crippen LogP contribution in [0.25, 0.3) is 0 Å². The molecule has 0 fully saturated rings. The van der Waals surface area contributed by atoms with Crippen molar-refractivity contribution in [1.29, 1.82) is 0 Å². The number of hydrogen-bond donors (Lipinski definition) is 1. The molecule has 30 heavy (non-hydrogen) atoms. The minimum atomic E-state index is -3.95. The Balaban J connectivity index is 2.22. The number of carbonyl (C=O) groups is 1. The Hall–Kier alpha value is -2.09. The third-order valence-corrected chi connectivity index (χ3v) is 6.63. The Morgan fingerprint density at radius 1 is 1.13 bits per heavy atom. The Labute approximate surface area is 184 Å². The number of hydrogen-bond acceptors (Lipinski definition) is 4. The van der Waals surface area contributed by atoms with E-state index in [0.29, 0.717) is 30.3 Å². The molecule has 0 aromatic heterocycles. The summed E-state index contributed by atoms with van der Waals surface area (Å²) in [4.78, 5) is 12.6. The van der Waals surface area contributed by atoms with Gasteiger partial charge in [-0.2, -0.15) is 0 Å². The summed E-state index contributed by atoms with van der Waals surface area (Å²) < 4.78 is 33.2. The average Bonchev–Trinajstić information content (AvgIpc) is 2.68. The highest BCUT2D eigenvalue weighted by atomic mass is 35.5. The molecule has 2 aromatic carbocycles. The molecule has 0 unspecified atom stereocenters. The number of aryl methyl sites for hydroxylation is 2. The molecule has 0 aliphatic carbocycles. The largest absolute Gasteiger partial charge is 0.379 e. The van der Waals surface area contributed by atoms with Crippen LogP contribution in [0, 0.1) is 13.8 Å². The molecule has 0 radical (unpaired) electrons. The Morgan fingerprint density at radius 3 is 2.40 bits per heavy atom. The van der Waals surface area contributed by atoms with E-state index in [1.54, 1.807) is 30.3 Å². The van der Waals surface area contributed by atoms with E-state index in [1.165, 1.54) is 12.1 Å². The number of anilines is 1. The summed E-state index contributed by atoms with van der Waals surface area (Å²) >= 11 is 6.22. The van der Waals surface area contributed by atoms with E-state index in [-0.39, 0.29) is 17.5 Å². The monoisotopic (exact) mass is 452 g/mol. The van der Waals surface area contributed by atoms with Crippen molar-refractivity contribution in [3.8, 4) is 0 Å². The zero-order chi connectivity index (χ0) is 22.3. The van der Waals surface area contributed by atoms with Gasteiger partial charge >= 0.3 is 0 Å². The zero-order valence-corrected chi connectivity index (χ0v) is 19.4. The number of carbonyl (C=O) groups excluding carboxylic acids is 1. The molecular weight excluding hydrogens is 424 g/mol.